The van der Waals surface area contributed by atoms with Gasteiger partial charge in [-0.2, -0.15) is 0 Å². The van der Waals surface area contributed by atoms with Crippen LogP contribution in [0.15, 0.2) is 6.20 Å². The predicted octanol–water partition coefficient (Wildman–Crippen LogP) is 0.892. The summed E-state index contributed by atoms with van der Waals surface area (Å²) < 4.78 is 0. The first kappa shape index (κ1) is 10.0. The van der Waals surface area contributed by atoms with E-state index >= 15 is 0 Å². The van der Waals surface area contributed by atoms with Crippen molar-refractivity contribution >= 4 is 5.82 Å². The van der Waals surface area contributed by atoms with Gasteiger partial charge < -0.3 is 10.2 Å². The van der Waals surface area contributed by atoms with Gasteiger partial charge in [-0.3, -0.25) is 4.98 Å². The number of rotatable bonds is 1. The summed E-state index contributed by atoms with van der Waals surface area (Å²) in [4.78, 5) is 11.4. The molecule has 16 heavy (non-hydrogen) atoms. The standard InChI is InChI=1S/C12H18N4/c1-8-9(2)15-12(6-14-8)16-7-10-3-4-13-5-11(10)16/h6,10-11,13H,3-5,7H2,1-2H3/t10-,11-/m0/s1. The van der Waals surface area contributed by atoms with Crippen molar-refractivity contribution in [1.29, 1.82) is 0 Å². The monoisotopic (exact) mass is 218 g/mol. The minimum atomic E-state index is 0.644. The molecule has 1 aromatic heterocycles. The Bertz CT molecular complexity index is 404. The van der Waals surface area contributed by atoms with Gasteiger partial charge in [0, 0.05) is 19.1 Å². The number of nitrogens with one attached hydrogen (secondary N) is 1. The third-order valence-electron chi connectivity index (χ3n) is 3.89. The van der Waals surface area contributed by atoms with Crippen molar-refractivity contribution in [1.82, 2.24) is 15.3 Å². The summed E-state index contributed by atoms with van der Waals surface area (Å²) >= 11 is 0. The van der Waals surface area contributed by atoms with Crippen LogP contribution in [-0.2, 0) is 0 Å². The molecule has 0 bridgehead atoms. The minimum Gasteiger partial charge on any atom is -0.350 e. The molecule has 4 heteroatoms. The van der Waals surface area contributed by atoms with Crippen LogP contribution in [0.5, 0.6) is 0 Å². The van der Waals surface area contributed by atoms with Gasteiger partial charge in [0.05, 0.1) is 17.6 Å². The molecule has 2 saturated heterocycles. The van der Waals surface area contributed by atoms with E-state index < -0.39 is 0 Å². The van der Waals surface area contributed by atoms with E-state index in [0.717, 1.165) is 36.2 Å². The zero-order chi connectivity index (χ0) is 11.1. The van der Waals surface area contributed by atoms with E-state index in [-0.39, 0.29) is 0 Å². The molecule has 2 aliphatic rings. The van der Waals surface area contributed by atoms with Crippen LogP contribution in [0.4, 0.5) is 5.82 Å². The molecule has 1 aromatic rings. The first-order valence-corrected chi connectivity index (χ1v) is 6.03. The highest BCUT2D eigenvalue weighted by Gasteiger charge is 2.40. The Morgan fingerprint density at radius 2 is 2.25 bits per heavy atom. The van der Waals surface area contributed by atoms with Crippen LogP contribution in [-0.4, -0.2) is 35.6 Å². The number of aromatic nitrogens is 2. The summed E-state index contributed by atoms with van der Waals surface area (Å²) in [6.45, 7) is 7.46. The zero-order valence-electron chi connectivity index (χ0n) is 9.90. The average Bonchev–Trinajstić information content (AvgIpc) is 2.25. The Morgan fingerprint density at radius 3 is 3.00 bits per heavy atom. The highest BCUT2D eigenvalue weighted by atomic mass is 15.3. The number of piperidine rings is 1. The largest absolute Gasteiger partial charge is 0.350 e. The van der Waals surface area contributed by atoms with Gasteiger partial charge in [-0.25, -0.2) is 4.98 Å². The smallest absolute Gasteiger partial charge is 0.147 e. The summed E-state index contributed by atoms with van der Waals surface area (Å²) in [5.41, 5.74) is 2.08. The first-order valence-electron chi connectivity index (χ1n) is 6.03. The molecule has 0 amide bonds. The Kier molecular flexibility index (Phi) is 2.32. The van der Waals surface area contributed by atoms with Crippen molar-refractivity contribution in [2.24, 2.45) is 5.92 Å². The molecule has 1 N–H and O–H groups in total. The lowest BCUT2D eigenvalue weighted by Gasteiger charge is -2.51. The number of fused-ring (bicyclic) bond motifs is 1. The number of aryl methyl sites for hydroxylation is 2. The summed E-state index contributed by atoms with van der Waals surface area (Å²) in [6.07, 6.45) is 3.21. The molecule has 0 saturated carbocycles. The highest BCUT2D eigenvalue weighted by Crippen LogP contribution is 2.33. The summed E-state index contributed by atoms with van der Waals surface area (Å²) in [6, 6.07) is 0.644. The second kappa shape index (κ2) is 3.70. The Balaban J connectivity index is 1.80. The van der Waals surface area contributed by atoms with E-state index in [1.54, 1.807) is 0 Å². The lowest BCUT2D eigenvalue weighted by atomic mass is 9.83. The third-order valence-corrected chi connectivity index (χ3v) is 3.89. The van der Waals surface area contributed by atoms with E-state index in [1.807, 2.05) is 20.0 Å². The van der Waals surface area contributed by atoms with Gasteiger partial charge in [0.1, 0.15) is 5.82 Å². The summed E-state index contributed by atoms with van der Waals surface area (Å²) in [5.74, 6) is 1.91. The lowest BCUT2D eigenvalue weighted by molar-refractivity contribution is 0.227. The topological polar surface area (TPSA) is 41.1 Å². The maximum Gasteiger partial charge on any atom is 0.147 e. The van der Waals surface area contributed by atoms with Gasteiger partial charge in [-0.05, 0) is 32.7 Å². The molecule has 0 aromatic carbocycles. The second-order valence-electron chi connectivity index (χ2n) is 4.87. The quantitative estimate of drug-likeness (QED) is 0.760. The molecule has 0 radical (unpaired) electrons. The predicted molar refractivity (Wildman–Crippen MR) is 63.6 cm³/mol. The van der Waals surface area contributed by atoms with E-state index in [9.17, 15) is 0 Å². The van der Waals surface area contributed by atoms with Crippen LogP contribution in [0.3, 0.4) is 0 Å². The third kappa shape index (κ3) is 1.48. The van der Waals surface area contributed by atoms with E-state index in [0.29, 0.717) is 6.04 Å². The van der Waals surface area contributed by atoms with Gasteiger partial charge in [0.2, 0.25) is 0 Å². The number of hydrogen-bond donors (Lipinski definition) is 1. The van der Waals surface area contributed by atoms with E-state index in [4.69, 9.17) is 0 Å². The van der Waals surface area contributed by atoms with Crippen LogP contribution in [0, 0.1) is 19.8 Å². The maximum absolute atomic E-state index is 4.62. The Morgan fingerprint density at radius 1 is 1.38 bits per heavy atom. The highest BCUT2D eigenvalue weighted by molar-refractivity contribution is 5.43. The Hall–Kier alpha value is -1.16. The fourth-order valence-corrected chi connectivity index (χ4v) is 2.66. The maximum atomic E-state index is 4.62. The van der Waals surface area contributed by atoms with Gasteiger partial charge in [-0.15, -0.1) is 0 Å². The first-order chi connectivity index (χ1) is 7.75. The van der Waals surface area contributed by atoms with Crippen molar-refractivity contribution in [3.05, 3.63) is 17.6 Å². The van der Waals surface area contributed by atoms with Crippen LogP contribution in [0.2, 0.25) is 0 Å². The summed E-state index contributed by atoms with van der Waals surface area (Å²) in [7, 11) is 0. The average molecular weight is 218 g/mol. The Labute approximate surface area is 96.1 Å². The van der Waals surface area contributed by atoms with Gasteiger partial charge in [0.15, 0.2) is 0 Å². The molecule has 2 atom stereocenters. The van der Waals surface area contributed by atoms with Crippen molar-refractivity contribution in [3.8, 4) is 0 Å². The summed E-state index contributed by atoms with van der Waals surface area (Å²) in [5, 5.41) is 3.45. The number of anilines is 1. The van der Waals surface area contributed by atoms with Crippen LogP contribution in [0.25, 0.3) is 0 Å². The molecule has 2 aliphatic heterocycles. The molecular weight excluding hydrogens is 200 g/mol. The van der Waals surface area contributed by atoms with E-state index in [1.165, 1.54) is 13.0 Å². The molecule has 4 nitrogen and oxygen atoms in total. The van der Waals surface area contributed by atoms with Gasteiger partial charge in [0.25, 0.3) is 0 Å². The zero-order valence-corrected chi connectivity index (χ0v) is 9.90. The molecule has 86 valence electrons. The van der Waals surface area contributed by atoms with Crippen LogP contribution < -0.4 is 10.2 Å². The molecule has 0 aliphatic carbocycles. The molecule has 3 rings (SSSR count). The number of hydrogen-bond acceptors (Lipinski definition) is 4. The van der Waals surface area contributed by atoms with Crippen molar-refractivity contribution in [3.63, 3.8) is 0 Å². The SMILES string of the molecule is Cc1ncc(N2C[C@@H]3CCNC[C@@H]32)nc1C. The second-order valence-corrected chi connectivity index (χ2v) is 4.87. The fraction of sp³-hybridized carbons (Fsp3) is 0.667. The fourth-order valence-electron chi connectivity index (χ4n) is 2.66. The van der Waals surface area contributed by atoms with Crippen LogP contribution >= 0.6 is 0 Å². The van der Waals surface area contributed by atoms with Crippen LogP contribution in [0.1, 0.15) is 17.8 Å². The molecule has 2 fully saturated rings. The van der Waals surface area contributed by atoms with Crippen molar-refractivity contribution < 1.29 is 0 Å². The van der Waals surface area contributed by atoms with Crippen molar-refractivity contribution in [2.45, 2.75) is 26.3 Å². The minimum absolute atomic E-state index is 0.644. The van der Waals surface area contributed by atoms with Crippen molar-refractivity contribution in [2.75, 3.05) is 24.5 Å². The number of nitrogens with zero attached hydrogens (tertiary/aromatic N) is 3. The molecular formula is C12H18N4. The normalized spacial score (nSPS) is 28.5. The molecule has 0 spiro atoms. The lowest BCUT2D eigenvalue weighted by Crippen LogP contribution is -2.64. The van der Waals surface area contributed by atoms with E-state index in [2.05, 4.69) is 20.2 Å². The molecule has 3 heterocycles. The molecule has 0 unspecified atom stereocenters. The van der Waals surface area contributed by atoms with Gasteiger partial charge in [-0.1, -0.05) is 0 Å². The van der Waals surface area contributed by atoms with Gasteiger partial charge >= 0.3 is 0 Å².